The van der Waals surface area contributed by atoms with Gasteiger partial charge in [0.15, 0.2) is 5.78 Å². The molecule has 0 aliphatic carbocycles. The Morgan fingerprint density at radius 3 is 1.42 bits per heavy atom. The molecule has 6 aromatic rings. The number of nitrogens with zero attached hydrogens (tertiary/aromatic N) is 4. The van der Waals surface area contributed by atoms with Gasteiger partial charge in [-0.05, 0) is 98.2 Å². The normalized spacial score (nSPS) is 17.5. The highest BCUT2D eigenvalue weighted by molar-refractivity contribution is 6.25. The monoisotopic (exact) mass is 896 g/mol. The predicted octanol–water partition coefficient (Wildman–Crippen LogP) is 10.6. The number of alkyl halides is 6. The summed E-state index contributed by atoms with van der Waals surface area (Å²) in [5.74, 6) is -1.42. The molecule has 4 N–H and O–H groups in total. The minimum Gasteiger partial charge on any atom is -0.364 e. The van der Waals surface area contributed by atoms with E-state index in [9.17, 15) is 26.3 Å². The van der Waals surface area contributed by atoms with Crippen molar-refractivity contribution in [1.82, 2.24) is 9.13 Å². The highest BCUT2D eigenvalue weighted by Crippen LogP contribution is 2.45. The zero-order valence-electron chi connectivity index (χ0n) is 34.8. The molecule has 2 aliphatic rings. The van der Waals surface area contributed by atoms with Gasteiger partial charge in [-0.25, -0.2) is 8.78 Å². The van der Waals surface area contributed by atoms with Gasteiger partial charge >= 0.3 is 12.7 Å². The van der Waals surface area contributed by atoms with Crippen molar-refractivity contribution in [2.24, 2.45) is 11.5 Å². The number of hydrogen-bond donors (Lipinski definition) is 2. The van der Waals surface area contributed by atoms with Gasteiger partial charge in [-0.1, -0.05) is 24.3 Å². The van der Waals surface area contributed by atoms with E-state index in [0.717, 1.165) is 36.8 Å². The van der Waals surface area contributed by atoms with Crippen molar-refractivity contribution < 1.29 is 49.4 Å². The van der Waals surface area contributed by atoms with E-state index in [1.54, 1.807) is 60.7 Å². The molecule has 0 amide bonds. The van der Waals surface area contributed by atoms with E-state index < -0.39 is 55.4 Å². The molecule has 2 aromatic heterocycles. The van der Waals surface area contributed by atoms with E-state index in [0.29, 0.717) is 70.2 Å². The largest absolute Gasteiger partial charge is 0.522 e. The SMILES string of the molecule is NCc1ccc(F)c(C2CCCCN2c2cccc3c2c(C(=O)c2cn(CCOC(F)(F)F)c4cccc(N5CCCCC5c5cc(CN)ccc5F)c24)cn3CCOC(F)(F)F)c1. The number of nitrogens with two attached hydrogens (primary N) is 2. The van der Waals surface area contributed by atoms with Gasteiger partial charge in [0.05, 0.1) is 47.5 Å². The van der Waals surface area contributed by atoms with Crippen LogP contribution in [0.2, 0.25) is 0 Å². The molecule has 4 aromatic carbocycles. The molecule has 2 unspecified atom stereocenters. The van der Waals surface area contributed by atoms with E-state index in [1.165, 1.54) is 33.7 Å². The molecular weight excluding hydrogens is 849 g/mol. The number of aromatic nitrogens is 2. The number of hydrogen-bond acceptors (Lipinski definition) is 7. The van der Waals surface area contributed by atoms with Gasteiger partial charge < -0.3 is 30.4 Å². The average Bonchev–Trinajstić information content (AvgIpc) is 3.84. The lowest BCUT2D eigenvalue weighted by atomic mass is 9.91. The van der Waals surface area contributed by atoms with Gasteiger partial charge in [0.1, 0.15) is 11.6 Å². The molecule has 0 bridgehead atoms. The number of anilines is 2. The van der Waals surface area contributed by atoms with Crippen molar-refractivity contribution in [3.8, 4) is 0 Å². The van der Waals surface area contributed by atoms with Crippen molar-refractivity contribution in [2.75, 3.05) is 36.1 Å². The molecule has 2 fully saturated rings. The molecule has 2 saturated heterocycles. The van der Waals surface area contributed by atoms with Gasteiger partial charge in [0, 0.05) is 84.9 Å². The molecule has 17 heteroatoms. The minimum atomic E-state index is -4.91. The lowest BCUT2D eigenvalue weighted by Gasteiger charge is -2.39. The first-order valence-electron chi connectivity index (χ1n) is 21.4. The Hall–Kier alpha value is -5.49. The lowest BCUT2D eigenvalue weighted by molar-refractivity contribution is -0.326. The van der Waals surface area contributed by atoms with Crippen LogP contribution in [-0.4, -0.2) is 53.9 Å². The summed E-state index contributed by atoms with van der Waals surface area (Å²) in [6.07, 6.45) is -2.72. The number of benzene rings is 4. The topological polar surface area (TPSA) is 104 Å². The molecule has 64 heavy (non-hydrogen) atoms. The summed E-state index contributed by atoms with van der Waals surface area (Å²) in [5, 5.41) is 0.800. The van der Waals surface area contributed by atoms with Gasteiger partial charge in [-0.3, -0.25) is 14.3 Å². The molecule has 0 spiro atoms. The van der Waals surface area contributed by atoms with Gasteiger partial charge in [0.25, 0.3) is 0 Å². The molecule has 0 radical (unpaired) electrons. The smallest absolute Gasteiger partial charge is 0.364 e. The molecule has 340 valence electrons. The summed E-state index contributed by atoms with van der Waals surface area (Å²) in [6.45, 7) is -0.836. The van der Waals surface area contributed by atoms with Crippen molar-refractivity contribution in [3.05, 3.63) is 130 Å². The molecule has 9 nitrogen and oxygen atoms in total. The first kappa shape index (κ1) is 45.1. The van der Waals surface area contributed by atoms with Crippen LogP contribution in [0.4, 0.5) is 46.5 Å². The number of carbonyl (C=O) groups is 1. The van der Waals surface area contributed by atoms with Crippen molar-refractivity contribution >= 4 is 39.0 Å². The van der Waals surface area contributed by atoms with Crippen LogP contribution in [0.3, 0.4) is 0 Å². The molecule has 0 saturated carbocycles. The second kappa shape index (κ2) is 18.5. The number of piperidine rings is 2. The number of ether oxygens (including phenoxy) is 2. The zero-order valence-corrected chi connectivity index (χ0v) is 34.8. The van der Waals surface area contributed by atoms with Crippen LogP contribution < -0.4 is 21.3 Å². The molecule has 2 aliphatic heterocycles. The van der Waals surface area contributed by atoms with E-state index >= 15 is 13.6 Å². The van der Waals surface area contributed by atoms with Gasteiger partial charge in [0.2, 0.25) is 0 Å². The Balaban J connectivity index is 1.32. The maximum Gasteiger partial charge on any atom is 0.522 e. The van der Waals surface area contributed by atoms with Crippen molar-refractivity contribution in [2.45, 2.75) is 89.5 Å². The van der Waals surface area contributed by atoms with Crippen molar-refractivity contribution in [1.29, 1.82) is 0 Å². The number of carbonyl (C=O) groups excluding carboxylic acids is 1. The summed E-state index contributed by atoms with van der Waals surface area (Å²) in [4.78, 5) is 19.6. The summed E-state index contributed by atoms with van der Waals surface area (Å²) >= 11 is 0. The van der Waals surface area contributed by atoms with Crippen LogP contribution in [0.1, 0.15) is 88.8 Å². The Kier molecular flexibility index (Phi) is 13.1. The van der Waals surface area contributed by atoms with Crippen LogP contribution in [0.25, 0.3) is 21.8 Å². The fourth-order valence-corrected chi connectivity index (χ4v) is 9.56. The van der Waals surface area contributed by atoms with Gasteiger partial charge in [-0.2, -0.15) is 0 Å². The van der Waals surface area contributed by atoms with Crippen LogP contribution in [-0.2, 0) is 35.7 Å². The maximum absolute atomic E-state index is 15.7. The molecule has 8 rings (SSSR count). The fraction of sp³-hybridized carbons (Fsp3) is 0.383. The third-order valence-corrected chi connectivity index (χ3v) is 12.4. The van der Waals surface area contributed by atoms with E-state index in [4.69, 9.17) is 11.5 Å². The minimum absolute atomic E-state index is 0.107. The van der Waals surface area contributed by atoms with E-state index in [1.807, 2.05) is 9.80 Å². The molecule has 4 heterocycles. The highest BCUT2D eigenvalue weighted by atomic mass is 19.4. The molecule has 2 atom stereocenters. The fourth-order valence-electron chi connectivity index (χ4n) is 9.56. The Morgan fingerprint density at radius 1 is 0.609 bits per heavy atom. The second-order valence-electron chi connectivity index (χ2n) is 16.3. The summed E-state index contributed by atoms with van der Waals surface area (Å²) in [6, 6.07) is 18.9. The maximum atomic E-state index is 15.7. The second-order valence-corrected chi connectivity index (χ2v) is 16.3. The summed E-state index contributed by atoms with van der Waals surface area (Å²) in [5.41, 5.74) is 16.4. The van der Waals surface area contributed by atoms with Crippen molar-refractivity contribution in [3.63, 3.8) is 0 Å². The van der Waals surface area contributed by atoms with Crippen LogP contribution in [0.5, 0.6) is 0 Å². The van der Waals surface area contributed by atoms with E-state index in [-0.39, 0.29) is 37.3 Å². The Morgan fingerprint density at radius 2 is 1.03 bits per heavy atom. The zero-order chi connectivity index (χ0) is 45.3. The Bertz CT molecular complexity index is 2460. The quantitative estimate of drug-likeness (QED) is 0.0829. The molecular formula is C47H48F8N6O3. The third kappa shape index (κ3) is 9.34. The number of fused-ring (bicyclic) bond motifs is 2. The van der Waals surface area contributed by atoms with Crippen LogP contribution in [0, 0.1) is 11.6 Å². The first-order valence-corrected chi connectivity index (χ1v) is 21.4. The summed E-state index contributed by atoms with van der Waals surface area (Å²) < 4.78 is 122. The van der Waals surface area contributed by atoms with Gasteiger partial charge in [-0.15, -0.1) is 26.3 Å². The number of rotatable bonds is 14. The average molecular weight is 897 g/mol. The first-order chi connectivity index (χ1) is 30.7. The number of ketones is 1. The van der Waals surface area contributed by atoms with E-state index in [2.05, 4.69) is 9.47 Å². The van der Waals surface area contributed by atoms with Crippen LogP contribution >= 0.6 is 0 Å². The standard InChI is InChI=1S/C47H48F8N6O3/c48-35-15-13-29(25-56)23-31(35)37-7-1-3-17-60(37)41-11-5-9-39-43(41)33(27-58(39)19-21-63-46(50,51)52)45(62)34-28-59(20-22-64-47(53,54)55)40-10-6-12-42(44(34)40)61-18-4-2-8-38(61)32-24-30(26-57)14-16-36(32)49/h5-6,9-16,23-24,27-28,37-38H,1-4,7-8,17-22,25-26,56-57H2. The number of halogens is 8. The third-order valence-electron chi connectivity index (χ3n) is 12.4. The highest BCUT2D eigenvalue weighted by Gasteiger charge is 2.35. The lowest BCUT2D eigenvalue weighted by Crippen LogP contribution is -2.34. The summed E-state index contributed by atoms with van der Waals surface area (Å²) in [7, 11) is 0. The predicted molar refractivity (Wildman–Crippen MR) is 228 cm³/mol. The Labute approximate surface area is 364 Å². The van der Waals surface area contributed by atoms with Crippen LogP contribution in [0.15, 0.2) is 85.2 Å².